The highest BCUT2D eigenvalue weighted by Crippen LogP contribution is 2.44. The summed E-state index contributed by atoms with van der Waals surface area (Å²) in [5, 5.41) is 11.4. The van der Waals surface area contributed by atoms with Crippen molar-refractivity contribution in [1.82, 2.24) is 4.98 Å². The maximum Gasteiger partial charge on any atom is 0.412 e. The number of ether oxygens (including phenoxy) is 2. The summed E-state index contributed by atoms with van der Waals surface area (Å²) in [4.78, 5) is 16.3. The van der Waals surface area contributed by atoms with Crippen LogP contribution < -0.4 is 10.1 Å². The number of anilines is 1. The Hall–Kier alpha value is -3.38. The highest BCUT2D eigenvalue weighted by Gasteiger charge is 2.28. The molecule has 0 radical (unpaired) electrons. The van der Waals surface area contributed by atoms with Crippen LogP contribution in [0.4, 0.5) is 10.6 Å². The molecule has 2 N–H and O–H groups in total. The molecule has 1 amide bonds. The number of amides is 1. The van der Waals surface area contributed by atoms with Gasteiger partial charge >= 0.3 is 6.09 Å². The van der Waals surface area contributed by atoms with Crippen LogP contribution in [0.15, 0.2) is 66.9 Å². The highest BCUT2D eigenvalue weighted by atomic mass is 16.5. The molecule has 0 bridgehead atoms. The zero-order valence-electron chi connectivity index (χ0n) is 15.2. The van der Waals surface area contributed by atoms with Gasteiger partial charge in [0.05, 0.1) is 12.8 Å². The van der Waals surface area contributed by atoms with Crippen molar-refractivity contribution in [1.29, 1.82) is 0 Å². The van der Waals surface area contributed by atoms with Crippen LogP contribution in [-0.2, 0) is 4.74 Å². The monoisotopic (exact) mass is 376 g/mol. The van der Waals surface area contributed by atoms with E-state index >= 15 is 0 Å². The molecule has 4 rings (SSSR count). The highest BCUT2D eigenvalue weighted by molar-refractivity contribution is 5.84. The van der Waals surface area contributed by atoms with Gasteiger partial charge in [0, 0.05) is 5.92 Å². The van der Waals surface area contributed by atoms with Gasteiger partial charge in [-0.05, 0) is 34.4 Å². The van der Waals surface area contributed by atoms with E-state index in [1.807, 2.05) is 24.3 Å². The SMILES string of the molecule is O=C(Nc1ccc(OCCO)cn1)OCC1c2ccccc2-c2ccccc21. The summed E-state index contributed by atoms with van der Waals surface area (Å²) in [5.41, 5.74) is 4.71. The van der Waals surface area contributed by atoms with E-state index < -0.39 is 6.09 Å². The topological polar surface area (TPSA) is 80.7 Å². The lowest BCUT2D eigenvalue weighted by Gasteiger charge is -2.14. The summed E-state index contributed by atoms with van der Waals surface area (Å²) < 4.78 is 10.7. The Labute approximate surface area is 162 Å². The standard InChI is InChI=1S/C22H20N2O4/c25-11-12-27-15-9-10-21(23-13-15)24-22(26)28-14-20-18-7-3-1-5-16(18)17-6-2-4-8-19(17)20/h1-10,13,20,25H,11-12,14H2,(H,23,24,26). The molecule has 0 fully saturated rings. The van der Waals surface area contributed by atoms with E-state index in [-0.39, 0.29) is 25.7 Å². The first kappa shape index (κ1) is 18.0. The first-order valence-corrected chi connectivity index (χ1v) is 9.08. The predicted molar refractivity (Wildman–Crippen MR) is 106 cm³/mol. The molecule has 6 nitrogen and oxygen atoms in total. The predicted octanol–water partition coefficient (Wildman–Crippen LogP) is 3.81. The lowest BCUT2D eigenvalue weighted by atomic mass is 9.98. The number of benzene rings is 2. The minimum Gasteiger partial charge on any atom is -0.490 e. The van der Waals surface area contributed by atoms with Gasteiger partial charge in [0.2, 0.25) is 0 Å². The molecule has 0 spiro atoms. The minimum atomic E-state index is -0.557. The van der Waals surface area contributed by atoms with E-state index in [0.29, 0.717) is 11.6 Å². The van der Waals surface area contributed by atoms with Crippen molar-refractivity contribution < 1.29 is 19.4 Å². The molecule has 0 aliphatic heterocycles. The second kappa shape index (κ2) is 8.10. The van der Waals surface area contributed by atoms with Crippen molar-refractivity contribution in [3.63, 3.8) is 0 Å². The first-order chi connectivity index (χ1) is 13.8. The lowest BCUT2D eigenvalue weighted by molar-refractivity contribution is 0.158. The van der Waals surface area contributed by atoms with Crippen molar-refractivity contribution in [2.75, 3.05) is 25.1 Å². The fourth-order valence-electron chi connectivity index (χ4n) is 3.44. The van der Waals surface area contributed by atoms with Crippen molar-refractivity contribution in [3.05, 3.63) is 78.0 Å². The first-order valence-electron chi connectivity index (χ1n) is 9.08. The summed E-state index contributed by atoms with van der Waals surface area (Å²) in [7, 11) is 0. The molecule has 0 unspecified atom stereocenters. The molecule has 142 valence electrons. The smallest absolute Gasteiger partial charge is 0.412 e. The van der Waals surface area contributed by atoms with Crippen LogP contribution in [0.5, 0.6) is 5.75 Å². The van der Waals surface area contributed by atoms with Crippen molar-refractivity contribution >= 4 is 11.9 Å². The molecule has 6 heteroatoms. The number of hydrogen-bond acceptors (Lipinski definition) is 5. The Morgan fingerprint density at radius 2 is 1.68 bits per heavy atom. The van der Waals surface area contributed by atoms with Gasteiger partial charge in [0.1, 0.15) is 24.8 Å². The molecular formula is C22H20N2O4. The average molecular weight is 376 g/mol. The molecule has 1 aromatic heterocycles. The van der Waals surface area contributed by atoms with E-state index in [1.54, 1.807) is 12.1 Å². The van der Waals surface area contributed by atoms with Gasteiger partial charge in [-0.1, -0.05) is 48.5 Å². The largest absolute Gasteiger partial charge is 0.490 e. The van der Waals surface area contributed by atoms with E-state index in [0.717, 1.165) is 0 Å². The number of carbonyl (C=O) groups excluding carboxylic acids is 1. The molecule has 1 aliphatic carbocycles. The van der Waals surface area contributed by atoms with Crippen LogP contribution in [0, 0.1) is 0 Å². The van der Waals surface area contributed by atoms with Crippen LogP contribution in [0.2, 0.25) is 0 Å². The van der Waals surface area contributed by atoms with Crippen LogP contribution in [-0.4, -0.2) is 36.0 Å². The summed E-state index contributed by atoms with van der Waals surface area (Å²) in [6, 6.07) is 19.7. The molecule has 0 saturated carbocycles. The second-order valence-electron chi connectivity index (χ2n) is 6.40. The number of aliphatic hydroxyl groups is 1. The summed E-state index contributed by atoms with van der Waals surface area (Å²) >= 11 is 0. The van der Waals surface area contributed by atoms with E-state index in [9.17, 15) is 4.79 Å². The summed E-state index contributed by atoms with van der Waals surface area (Å²) in [5.74, 6) is 0.904. The fraction of sp³-hybridized carbons (Fsp3) is 0.182. The minimum absolute atomic E-state index is 0.0142. The fourth-order valence-corrected chi connectivity index (χ4v) is 3.44. The number of aromatic nitrogens is 1. The number of aliphatic hydroxyl groups excluding tert-OH is 1. The molecule has 0 saturated heterocycles. The van der Waals surface area contributed by atoms with Gasteiger partial charge in [0.15, 0.2) is 0 Å². The summed E-state index contributed by atoms with van der Waals surface area (Å²) in [6.45, 7) is 0.373. The normalized spacial score (nSPS) is 12.2. The number of rotatable bonds is 6. The van der Waals surface area contributed by atoms with Gasteiger partial charge in [-0.3, -0.25) is 5.32 Å². The van der Waals surface area contributed by atoms with Crippen LogP contribution in [0.3, 0.4) is 0 Å². The molecule has 3 aromatic rings. The van der Waals surface area contributed by atoms with Crippen LogP contribution in [0.1, 0.15) is 17.0 Å². The molecule has 1 heterocycles. The number of nitrogens with one attached hydrogen (secondary N) is 1. The number of nitrogens with zero attached hydrogens (tertiary/aromatic N) is 1. The maximum absolute atomic E-state index is 12.2. The number of carbonyl (C=O) groups is 1. The van der Waals surface area contributed by atoms with E-state index in [4.69, 9.17) is 14.6 Å². The van der Waals surface area contributed by atoms with E-state index in [1.165, 1.54) is 28.5 Å². The third kappa shape index (κ3) is 3.68. The van der Waals surface area contributed by atoms with Gasteiger partial charge in [-0.25, -0.2) is 9.78 Å². The number of pyridine rings is 1. The zero-order valence-corrected chi connectivity index (χ0v) is 15.2. The zero-order chi connectivity index (χ0) is 19.3. The van der Waals surface area contributed by atoms with Crippen LogP contribution in [0.25, 0.3) is 11.1 Å². The lowest BCUT2D eigenvalue weighted by Crippen LogP contribution is -2.18. The van der Waals surface area contributed by atoms with Crippen molar-refractivity contribution in [3.8, 4) is 16.9 Å². The van der Waals surface area contributed by atoms with Gasteiger partial charge in [-0.2, -0.15) is 0 Å². The van der Waals surface area contributed by atoms with E-state index in [2.05, 4.69) is 34.6 Å². The Balaban J connectivity index is 1.40. The summed E-state index contributed by atoms with van der Waals surface area (Å²) in [6.07, 6.45) is 0.924. The Kier molecular flexibility index (Phi) is 5.21. The number of hydrogen-bond donors (Lipinski definition) is 2. The van der Waals surface area contributed by atoms with Gasteiger partial charge in [0.25, 0.3) is 0 Å². The molecule has 2 aromatic carbocycles. The van der Waals surface area contributed by atoms with Gasteiger partial charge < -0.3 is 14.6 Å². The quantitative estimate of drug-likeness (QED) is 0.684. The maximum atomic E-state index is 12.2. The third-order valence-corrected chi connectivity index (χ3v) is 4.67. The molecule has 28 heavy (non-hydrogen) atoms. The second-order valence-corrected chi connectivity index (χ2v) is 6.40. The molecular weight excluding hydrogens is 356 g/mol. The Bertz CT molecular complexity index is 927. The third-order valence-electron chi connectivity index (χ3n) is 4.67. The molecule has 0 atom stereocenters. The Morgan fingerprint density at radius 3 is 2.29 bits per heavy atom. The molecule has 1 aliphatic rings. The Morgan fingerprint density at radius 1 is 1.00 bits per heavy atom. The average Bonchev–Trinajstić information content (AvgIpc) is 3.06. The van der Waals surface area contributed by atoms with Crippen molar-refractivity contribution in [2.45, 2.75) is 5.92 Å². The van der Waals surface area contributed by atoms with Crippen molar-refractivity contribution in [2.24, 2.45) is 0 Å². The number of fused-ring (bicyclic) bond motifs is 3. The van der Waals surface area contributed by atoms with Gasteiger partial charge in [-0.15, -0.1) is 0 Å². The van der Waals surface area contributed by atoms with Crippen LogP contribution >= 0.6 is 0 Å².